The molecule has 1 aromatic rings. The highest BCUT2D eigenvalue weighted by Gasteiger charge is 2.36. The predicted octanol–water partition coefficient (Wildman–Crippen LogP) is 5.24. The molecule has 0 atom stereocenters. The van der Waals surface area contributed by atoms with Gasteiger partial charge in [-0.15, -0.1) is 0 Å². The number of alkyl halides is 3. The smallest absolute Gasteiger partial charge is 0.420 e. The second-order valence-corrected chi connectivity index (χ2v) is 9.78. The fraction of sp³-hybridized carbons (Fsp3) is 0.552. The molecule has 0 amide bonds. The molecule has 0 aromatic heterocycles. The van der Waals surface area contributed by atoms with Crippen molar-refractivity contribution in [3.63, 3.8) is 0 Å². The SMILES string of the molecule is C=CC(=O)OCOC1CCC(OCOc2ccc(OC(=O)C3CCC(OCOC(=O)C=C)CC3)cc2C(F)(F)F)CC1. The molecule has 13 heteroatoms. The van der Waals surface area contributed by atoms with Crippen molar-refractivity contribution < 1.29 is 60.7 Å². The van der Waals surface area contributed by atoms with Crippen LogP contribution < -0.4 is 9.47 Å². The zero-order chi connectivity index (χ0) is 30.5. The molecule has 2 fully saturated rings. The van der Waals surface area contributed by atoms with E-state index in [0.29, 0.717) is 51.4 Å². The van der Waals surface area contributed by atoms with Crippen LogP contribution in [0, 0.1) is 5.92 Å². The van der Waals surface area contributed by atoms with Crippen molar-refractivity contribution in [3.8, 4) is 11.5 Å². The van der Waals surface area contributed by atoms with Crippen LogP contribution in [-0.2, 0) is 44.2 Å². The van der Waals surface area contributed by atoms with Gasteiger partial charge in [0.25, 0.3) is 0 Å². The van der Waals surface area contributed by atoms with E-state index in [9.17, 15) is 27.6 Å². The number of ether oxygens (including phenoxy) is 7. The Kier molecular flexibility index (Phi) is 12.8. The highest BCUT2D eigenvalue weighted by molar-refractivity contribution is 5.81. The fourth-order valence-electron chi connectivity index (χ4n) is 4.64. The van der Waals surface area contributed by atoms with Crippen LogP contribution in [0.1, 0.15) is 56.9 Å². The van der Waals surface area contributed by atoms with E-state index >= 15 is 0 Å². The molecule has 10 nitrogen and oxygen atoms in total. The minimum Gasteiger partial charge on any atom is -0.467 e. The Morgan fingerprint density at radius 1 is 0.762 bits per heavy atom. The Labute approximate surface area is 241 Å². The Morgan fingerprint density at radius 3 is 1.71 bits per heavy atom. The molecule has 0 spiro atoms. The van der Waals surface area contributed by atoms with Crippen molar-refractivity contribution >= 4 is 17.9 Å². The van der Waals surface area contributed by atoms with E-state index in [-0.39, 0.29) is 37.6 Å². The predicted molar refractivity (Wildman–Crippen MR) is 140 cm³/mol. The topological polar surface area (TPSA) is 116 Å². The summed E-state index contributed by atoms with van der Waals surface area (Å²) in [6, 6.07) is 3.07. The first-order chi connectivity index (χ1) is 20.1. The van der Waals surface area contributed by atoms with Gasteiger partial charge in [0, 0.05) is 12.2 Å². The molecule has 0 N–H and O–H groups in total. The molecule has 0 heterocycles. The number of rotatable bonds is 14. The Balaban J connectivity index is 1.43. The Morgan fingerprint density at radius 2 is 1.24 bits per heavy atom. The van der Waals surface area contributed by atoms with E-state index in [0.717, 1.165) is 24.3 Å². The van der Waals surface area contributed by atoms with E-state index in [1.54, 1.807) is 0 Å². The minimum atomic E-state index is -4.76. The van der Waals surface area contributed by atoms with Crippen LogP contribution in [0.15, 0.2) is 43.5 Å². The van der Waals surface area contributed by atoms with Crippen LogP contribution in [-0.4, -0.2) is 56.6 Å². The molecule has 2 saturated carbocycles. The summed E-state index contributed by atoms with van der Waals surface area (Å²) < 4.78 is 78.0. The third kappa shape index (κ3) is 10.8. The van der Waals surface area contributed by atoms with Crippen LogP contribution in [0.25, 0.3) is 0 Å². The van der Waals surface area contributed by atoms with E-state index in [1.807, 2.05) is 0 Å². The van der Waals surface area contributed by atoms with Gasteiger partial charge in [-0.05, 0) is 69.6 Å². The molecular formula is C29H35F3O10. The van der Waals surface area contributed by atoms with Crippen LogP contribution in [0.2, 0.25) is 0 Å². The van der Waals surface area contributed by atoms with E-state index in [4.69, 9.17) is 33.2 Å². The fourth-order valence-corrected chi connectivity index (χ4v) is 4.64. The summed E-state index contributed by atoms with van der Waals surface area (Å²) in [5.41, 5.74) is -1.09. The van der Waals surface area contributed by atoms with Gasteiger partial charge in [0.1, 0.15) is 17.1 Å². The van der Waals surface area contributed by atoms with Crippen molar-refractivity contribution in [2.45, 2.75) is 75.9 Å². The minimum absolute atomic E-state index is 0.118. The quantitative estimate of drug-likeness (QED) is 0.122. The Hall–Kier alpha value is -3.42. The molecule has 1 aromatic carbocycles. The van der Waals surface area contributed by atoms with Crippen LogP contribution >= 0.6 is 0 Å². The van der Waals surface area contributed by atoms with Gasteiger partial charge in [-0.25, -0.2) is 9.59 Å². The van der Waals surface area contributed by atoms with E-state index in [2.05, 4.69) is 13.2 Å². The second kappa shape index (κ2) is 16.3. The van der Waals surface area contributed by atoms with Crippen LogP contribution in [0.3, 0.4) is 0 Å². The lowest BCUT2D eigenvalue weighted by atomic mass is 9.87. The van der Waals surface area contributed by atoms with Gasteiger partial charge in [-0.1, -0.05) is 13.2 Å². The normalized spacial score (nSPS) is 22.5. The highest BCUT2D eigenvalue weighted by atomic mass is 19.4. The average Bonchev–Trinajstić information content (AvgIpc) is 2.98. The lowest BCUT2D eigenvalue weighted by molar-refractivity contribution is -0.159. The summed E-state index contributed by atoms with van der Waals surface area (Å²) in [6.07, 6.45) is 1.05. The summed E-state index contributed by atoms with van der Waals surface area (Å²) in [5.74, 6) is -3.00. The summed E-state index contributed by atoms with van der Waals surface area (Å²) in [4.78, 5) is 34.7. The molecule has 3 rings (SSSR count). The standard InChI is InChI=1S/C29H35F3O10/c1-3-26(33)40-17-37-20-7-5-19(6-8-20)28(35)42-23-13-14-25(24(15-23)29(30,31)32)39-16-36-21-9-11-22(12-10-21)38-18-41-27(34)4-2/h3-4,13-15,19-22H,1-2,5-12,16-18H2. The first-order valence-electron chi connectivity index (χ1n) is 13.6. The largest absolute Gasteiger partial charge is 0.467 e. The molecule has 2 aliphatic carbocycles. The molecule has 0 saturated heterocycles. The molecule has 2 aliphatic rings. The van der Waals surface area contributed by atoms with Gasteiger partial charge in [0.15, 0.2) is 20.4 Å². The number of halogens is 3. The molecule has 0 aliphatic heterocycles. The number of benzene rings is 1. The highest BCUT2D eigenvalue weighted by Crippen LogP contribution is 2.39. The van der Waals surface area contributed by atoms with Gasteiger partial charge < -0.3 is 33.2 Å². The van der Waals surface area contributed by atoms with Gasteiger partial charge in [0.2, 0.25) is 0 Å². The van der Waals surface area contributed by atoms with Crippen molar-refractivity contribution in [2.24, 2.45) is 5.92 Å². The van der Waals surface area contributed by atoms with Crippen molar-refractivity contribution in [1.29, 1.82) is 0 Å². The maximum absolute atomic E-state index is 13.8. The Bertz CT molecular complexity index is 1070. The van der Waals surface area contributed by atoms with E-state index in [1.165, 1.54) is 6.07 Å². The first kappa shape index (κ1) is 33.1. The van der Waals surface area contributed by atoms with Crippen molar-refractivity contribution in [2.75, 3.05) is 20.4 Å². The van der Waals surface area contributed by atoms with Gasteiger partial charge in [-0.2, -0.15) is 13.2 Å². The van der Waals surface area contributed by atoms with Crippen LogP contribution in [0.4, 0.5) is 13.2 Å². The summed E-state index contributed by atoms with van der Waals surface area (Å²) in [7, 11) is 0. The number of esters is 3. The number of hydrogen-bond acceptors (Lipinski definition) is 10. The molecule has 232 valence electrons. The molecule has 0 unspecified atom stereocenters. The summed E-state index contributed by atoms with van der Waals surface area (Å²) >= 11 is 0. The van der Waals surface area contributed by atoms with E-state index < -0.39 is 48.1 Å². The number of hydrogen-bond donors (Lipinski definition) is 0. The average molecular weight is 601 g/mol. The third-order valence-electron chi connectivity index (χ3n) is 6.97. The molecule has 0 bridgehead atoms. The van der Waals surface area contributed by atoms with Crippen molar-refractivity contribution in [3.05, 3.63) is 49.1 Å². The molecule has 42 heavy (non-hydrogen) atoms. The van der Waals surface area contributed by atoms with Crippen molar-refractivity contribution in [1.82, 2.24) is 0 Å². The zero-order valence-electron chi connectivity index (χ0n) is 23.1. The monoisotopic (exact) mass is 600 g/mol. The van der Waals surface area contributed by atoms with Crippen LogP contribution in [0.5, 0.6) is 11.5 Å². The maximum atomic E-state index is 13.8. The van der Waals surface area contributed by atoms with Gasteiger partial charge in [-0.3, -0.25) is 4.79 Å². The molecular weight excluding hydrogens is 565 g/mol. The first-order valence-corrected chi connectivity index (χ1v) is 13.6. The lowest BCUT2D eigenvalue weighted by Gasteiger charge is -2.28. The summed E-state index contributed by atoms with van der Waals surface area (Å²) in [6.45, 7) is 5.78. The second-order valence-electron chi connectivity index (χ2n) is 9.78. The maximum Gasteiger partial charge on any atom is 0.420 e. The summed E-state index contributed by atoms with van der Waals surface area (Å²) in [5, 5.41) is 0. The third-order valence-corrected chi connectivity index (χ3v) is 6.97. The lowest BCUT2D eigenvalue weighted by Crippen LogP contribution is -2.29. The number of carbonyl (C=O) groups is 3. The zero-order valence-corrected chi connectivity index (χ0v) is 23.1. The number of carbonyl (C=O) groups excluding carboxylic acids is 3. The molecule has 0 radical (unpaired) electrons. The van der Waals surface area contributed by atoms with Gasteiger partial charge >= 0.3 is 24.1 Å². The van der Waals surface area contributed by atoms with Gasteiger partial charge in [0.05, 0.1) is 24.2 Å².